The monoisotopic (exact) mass is 462 g/mol. The highest BCUT2D eigenvalue weighted by Gasteiger charge is 2.33. The van der Waals surface area contributed by atoms with Crippen LogP contribution in [-0.4, -0.2) is 44.5 Å². The van der Waals surface area contributed by atoms with Crippen LogP contribution in [0, 0.1) is 0 Å². The first-order chi connectivity index (χ1) is 15.6. The van der Waals surface area contributed by atoms with Crippen molar-refractivity contribution in [3.05, 3.63) is 46.8 Å². The molecule has 3 heterocycles. The van der Waals surface area contributed by atoms with Crippen LogP contribution in [-0.2, 0) is 24.1 Å². The minimum Gasteiger partial charge on any atom is -0.494 e. The fourth-order valence-corrected chi connectivity index (χ4v) is 4.28. The number of halogens is 3. The number of esters is 1. The Balaban J connectivity index is 2.05. The van der Waals surface area contributed by atoms with E-state index >= 15 is 0 Å². The summed E-state index contributed by atoms with van der Waals surface area (Å²) in [5, 5.41) is 20.4. The first kappa shape index (κ1) is 22.6. The molecule has 2 aromatic heterocycles. The summed E-state index contributed by atoms with van der Waals surface area (Å²) in [5.41, 5.74) is 1.35. The maximum absolute atomic E-state index is 13.1. The highest BCUT2D eigenvalue weighted by Crippen LogP contribution is 2.44. The van der Waals surface area contributed by atoms with Crippen LogP contribution in [0.25, 0.3) is 22.0 Å². The molecule has 0 fully saturated rings. The standard InChI is InChI=1S/C23H21F3N2O5/c1-2-33-22(32)17-14(9-10-23(24,25)26)27-19-15-4-3-11-28(15)20(29)18(19)16(17)12-5-7-13(8-6-12)21(30)31/h5-8,29H,2-4,9-11H2,1H3,(H,30,31). The molecule has 0 saturated heterocycles. The van der Waals surface area contributed by atoms with Crippen LogP contribution in [0.5, 0.6) is 5.88 Å². The van der Waals surface area contributed by atoms with Crippen LogP contribution in [0.4, 0.5) is 13.2 Å². The van der Waals surface area contributed by atoms with Gasteiger partial charge in [0.2, 0.25) is 5.88 Å². The quantitative estimate of drug-likeness (QED) is 0.514. The fourth-order valence-electron chi connectivity index (χ4n) is 4.28. The van der Waals surface area contributed by atoms with E-state index in [1.807, 2.05) is 0 Å². The molecule has 0 spiro atoms. The van der Waals surface area contributed by atoms with Gasteiger partial charge in [-0.25, -0.2) is 14.6 Å². The van der Waals surface area contributed by atoms with Crippen molar-refractivity contribution in [1.82, 2.24) is 9.55 Å². The van der Waals surface area contributed by atoms with Crippen LogP contribution in [0.3, 0.4) is 0 Å². The van der Waals surface area contributed by atoms with E-state index in [9.17, 15) is 33.0 Å². The smallest absolute Gasteiger partial charge is 0.389 e. The lowest BCUT2D eigenvalue weighted by Gasteiger charge is -2.16. The maximum atomic E-state index is 13.1. The minimum atomic E-state index is -4.46. The van der Waals surface area contributed by atoms with Crippen molar-refractivity contribution in [3.63, 3.8) is 0 Å². The van der Waals surface area contributed by atoms with Gasteiger partial charge in [0.05, 0.1) is 34.3 Å². The Kier molecular flexibility index (Phi) is 5.77. The number of aromatic hydroxyl groups is 1. The third kappa shape index (κ3) is 4.12. The van der Waals surface area contributed by atoms with Gasteiger partial charge in [-0.15, -0.1) is 0 Å². The van der Waals surface area contributed by atoms with Crippen LogP contribution in [0.2, 0.25) is 0 Å². The van der Waals surface area contributed by atoms with E-state index < -0.39 is 31.0 Å². The van der Waals surface area contributed by atoms with Crippen LogP contribution >= 0.6 is 0 Å². The number of fused-ring (bicyclic) bond motifs is 3. The van der Waals surface area contributed by atoms with E-state index in [1.54, 1.807) is 11.5 Å². The molecular weight excluding hydrogens is 441 g/mol. The summed E-state index contributed by atoms with van der Waals surface area (Å²) < 4.78 is 46.0. The fraction of sp³-hybridized carbons (Fsp3) is 0.348. The second-order valence-corrected chi connectivity index (χ2v) is 7.78. The minimum absolute atomic E-state index is 0.00243. The molecule has 0 radical (unpaired) electrons. The van der Waals surface area contributed by atoms with E-state index in [4.69, 9.17) is 4.74 Å². The third-order valence-corrected chi connectivity index (χ3v) is 5.69. The summed E-state index contributed by atoms with van der Waals surface area (Å²) in [6, 6.07) is 5.57. The van der Waals surface area contributed by atoms with E-state index in [1.165, 1.54) is 24.3 Å². The van der Waals surface area contributed by atoms with Crippen molar-refractivity contribution in [2.45, 2.75) is 45.3 Å². The number of carbonyl (C=O) groups excluding carboxylic acids is 1. The molecule has 1 aliphatic heterocycles. The molecule has 0 unspecified atom stereocenters. The molecule has 2 N–H and O–H groups in total. The summed E-state index contributed by atoms with van der Waals surface area (Å²) in [5.74, 6) is -2.13. The second kappa shape index (κ2) is 8.42. The van der Waals surface area contributed by atoms with E-state index in [0.717, 1.165) is 6.42 Å². The molecule has 0 amide bonds. The van der Waals surface area contributed by atoms with Gasteiger partial charge in [0.25, 0.3) is 0 Å². The number of ether oxygens (including phenoxy) is 1. The van der Waals surface area contributed by atoms with Crippen molar-refractivity contribution in [1.29, 1.82) is 0 Å². The van der Waals surface area contributed by atoms with E-state index in [-0.39, 0.29) is 40.3 Å². The number of aromatic nitrogens is 2. The van der Waals surface area contributed by atoms with Crippen molar-refractivity contribution in [2.75, 3.05) is 6.61 Å². The van der Waals surface area contributed by atoms with Crippen molar-refractivity contribution >= 4 is 22.8 Å². The molecule has 0 saturated carbocycles. The van der Waals surface area contributed by atoms with Gasteiger partial charge in [0.1, 0.15) is 0 Å². The number of alkyl halides is 3. The number of aromatic carboxylic acids is 1. The lowest BCUT2D eigenvalue weighted by molar-refractivity contribution is -0.134. The third-order valence-electron chi connectivity index (χ3n) is 5.69. The number of carboxylic acids is 1. The Morgan fingerprint density at radius 1 is 1.21 bits per heavy atom. The van der Waals surface area contributed by atoms with Gasteiger partial charge in [-0.1, -0.05) is 12.1 Å². The lowest BCUT2D eigenvalue weighted by Crippen LogP contribution is -2.15. The van der Waals surface area contributed by atoms with Crippen LogP contribution in [0.15, 0.2) is 24.3 Å². The largest absolute Gasteiger partial charge is 0.494 e. The van der Waals surface area contributed by atoms with Crippen molar-refractivity contribution in [3.8, 4) is 17.0 Å². The molecule has 33 heavy (non-hydrogen) atoms. The summed E-state index contributed by atoms with van der Waals surface area (Å²) in [4.78, 5) is 28.7. The number of carbonyl (C=O) groups is 2. The normalized spacial score (nSPS) is 13.3. The predicted molar refractivity (Wildman–Crippen MR) is 112 cm³/mol. The predicted octanol–water partition coefficient (Wildman–Crippen LogP) is 4.72. The lowest BCUT2D eigenvalue weighted by atomic mass is 9.92. The first-order valence-electron chi connectivity index (χ1n) is 10.5. The topological polar surface area (TPSA) is 102 Å². The highest BCUT2D eigenvalue weighted by molar-refractivity contribution is 6.10. The molecule has 1 aliphatic rings. The number of hydrogen-bond acceptors (Lipinski definition) is 5. The van der Waals surface area contributed by atoms with Gasteiger partial charge in [0, 0.05) is 24.2 Å². The zero-order valence-corrected chi connectivity index (χ0v) is 17.7. The number of pyridine rings is 1. The molecule has 7 nitrogen and oxygen atoms in total. The highest BCUT2D eigenvalue weighted by atomic mass is 19.4. The summed E-state index contributed by atoms with van der Waals surface area (Å²) >= 11 is 0. The molecule has 0 aliphatic carbocycles. The average Bonchev–Trinajstić information content (AvgIpc) is 3.34. The van der Waals surface area contributed by atoms with E-state index in [0.29, 0.717) is 29.7 Å². The molecule has 4 rings (SSSR count). The summed E-state index contributed by atoms with van der Waals surface area (Å²) in [6.45, 7) is 2.08. The number of nitrogens with zero attached hydrogens (tertiary/aromatic N) is 2. The summed E-state index contributed by atoms with van der Waals surface area (Å²) in [6.07, 6.45) is -4.85. The molecular formula is C23H21F3N2O5. The van der Waals surface area contributed by atoms with Crippen LogP contribution in [0.1, 0.15) is 51.9 Å². The van der Waals surface area contributed by atoms with Gasteiger partial charge < -0.3 is 19.5 Å². The van der Waals surface area contributed by atoms with Gasteiger partial charge in [-0.05, 0) is 43.9 Å². The molecule has 0 atom stereocenters. The number of carboxylic acid groups (broad SMARTS) is 1. The molecule has 1 aromatic carbocycles. The number of hydrogen-bond donors (Lipinski definition) is 2. The van der Waals surface area contributed by atoms with Gasteiger partial charge in [-0.2, -0.15) is 13.2 Å². The number of benzene rings is 1. The Morgan fingerprint density at radius 3 is 2.52 bits per heavy atom. The molecule has 174 valence electrons. The number of rotatable bonds is 6. The molecule has 0 bridgehead atoms. The van der Waals surface area contributed by atoms with Crippen LogP contribution < -0.4 is 0 Å². The molecule has 3 aromatic rings. The van der Waals surface area contributed by atoms with E-state index in [2.05, 4.69) is 4.98 Å². The Morgan fingerprint density at radius 2 is 1.91 bits per heavy atom. The zero-order chi connectivity index (χ0) is 23.9. The second-order valence-electron chi connectivity index (χ2n) is 7.78. The SMILES string of the molecule is CCOC(=O)c1c(CCC(F)(F)F)nc2c3n(c(O)c2c1-c1ccc(C(=O)O)cc1)CCC3. The van der Waals surface area contributed by atoms with Crippen molar-refractivity contribution < 1.29 is 37.7 Å². The summed E-state index contributed by atoms with van der Waals surface area (Å²) in [7, 11) is 0. The van der Waals surface area contributed by atoms with Gasteiger partial charge >= 0.3 is 18.1 Å². The first-order valence-corrected chi connectivity index (χ1v) is 10.5. The molecule has 10 heteroatoms. The number of aryl methyl sites for hydroxylation is 2. The maximum Gasteiger partial charge on any atom is 0.389 e. The zero-order valence-electron chi connectivity index (χ0n) is 17.7. The van der Waals surface area contributed by atoms with Gasteiger partial charge in [-0.3, -0.25) is 0 Å². The van der Waals surface area contributed by atoms with Crippen molar-refractivity contribution in [2.24, 2.45) is 0 Å². The Bertz CT molecular complexity index is 1250. The Hall–Kier alpha value is -3.56. The average molecular weight is 462 g/mol. The Labute approximate surface area is 186 Å². The van der Waals surface area contributed by atoms with Gasteiger partial charge in [0.15, 0.2) is 0 Å².